The third kappa shape index (κ3) is 2.59. The number of nitrogens with zero attached hydrogens (tertiary/aromatic N) is 1. The fourth-order valence-corrected chi connectivity index (χ4v) is 3.53. The van der Waals surface area contributed by atoms with Gasteiger partial charge in [0.25, 0.3) is 5.91 Å². The standard InChI is InChI=1S/C19H17BrN2O2/c1-24-14-6-7-17-16(10-14)15-8-9-22(19(23)18(15)21-17)11-12-2-4-13(20)5-3-12/h2-7,10,21H,8-9,11H2,1H3. The van der Waals surface area contributed by atoms with Gasteiger partial charge in [0.2, 0.25) is 0 Å². The van der Waals surface area contributed by atoms with Crippen LogP contribution in [-0.4, -0.2) is 29.4 Å². The molecule has 122 valence electrons. The van der Waals surface area contributed by atoms with Crippen LogP contribution in [0.4, 0.5) is 0 Å². The van der Waals surface area contributed by atoms with Crippen molar-refractivity contribution in [3.63, 3.8) is 0 Å². The molecular formula is C19H17BrN2O2. The average Bonchev–Trinajstić information content (AvgIpc) is 2.98. The summed E-state index contributed by atoms with van der Waals surface area (Å²) in [6.07, 6.45) is 0.852. The normalized spacial score (nSPS) is 14.1. The Morgan fingerprint density at radius 1 is 1.21 bits per heavy atom. The van der Waals surface area contributed by atoms with Crippen LogP contribution in [0, 0.1) is 0 Å². The maximum absolute atomic E-state index is 12.9. The van der Waals surface area contributed by atoms with E-state index in [1.807, 2.05) is 47.4 Å². The van der Waals surface area contributed by atoms with Crippen LogP contribution in [0.15, 0.2) is 46.9 Å². The third-order valence-electron chi connectivity index (χ3n) is 4.53. The van der Waals surface area contributed by atoms with E-state index in [1.165, 1.54) is 0 Å². The number of hydrogen-bond donors (Lipinski definition) is 1. The maximum atomic E-state index is 12.9. The Morgan fingerprint density at radius 3 is 2.75 bits per heavy atom. The lowest BCUT2D eigenvalue weighted by Crippen LogP contribution is -2.36. The number of hydrogen-bond acceptors (Lipinski definition) is 2. The molecule has 0 saturated carbocycles. The van der Waals surface area contributed by atoms with E-state index in [4.69, 9.17) is 4.74 Å². The molecule has 0 radical (unpaired) electrons. The highest BCUT2D eigenvalue weighted by Crippen LogP contribution is 2.30. The molecule has 3 aromatic rings. The quantitative estimate of drug-likeness (QED) is 0.737. The van der Waals surface area contributed by atoms with Crippen molar-refractivity contribution < 1.29 is 9.53 Å². The lowest BCUT2D eigenvalue weighted by atomic mass is 10.0. The molecule has 0 fully saturated rings. The van der Waals surface area contributed by atoms with Gasteiger partial charge in [-0.3, -0.25) is 4.79 Å². The zero-order chi connectivity index (χ0) is 16.7. The highest BCUT2D eigenvalue weighted by atomic mass is 79.9. The number of rotatable bonds is 3. The van der Waals surface area contributed by atoms with Crippen molar-refractivity contribution in [2.24, 2.45) is 0 Å². The predicted octanol–water partition coefficient (Wildman–Crippen LogP) is 4.14. The van der Waals surface area contributed by atoms with Crippen molar-refractivity contribution in [1.29, 1.82) is 0 Å². The molecule has 1 N–H and O–H groups in total. The van der Waals surface area contributed by atoms with Gasteiger partial charge in [0.15, 0.2) is 0 Å². The molecule has 4 rings (SSSR count). The number of H-pyrrole nitrogens is 1. The Kier molecular flexibility index (Phi) is 3.81. The molecule has 0 saturated heterocycles. The summed E-state index contributed by atoms with van der Waals surface area (Å²) in [7, 11) is 1.66. The third-order valence-corrected chi connectivity index (χ3v) is 5.06. The van der Waals surface area contributed by atoms with E-state index in [9.17, 15) is 4.79 Å². The SMILES string of the molecule is COc1ccc2[nH]c3c(c2c1)CCN(Cc1ccc(Br)cc1)C3=O. The Labute approximate surface area is 148 Å². The molecule has 1 aromatic heterocycles. The first-order valence-corrected chi connectivity index (χ1v) is 8.67. The smallest absolute Gasteiger partial charge is 0.270 e. The second kappa shape index (κ2) is 5.98. The topological polar surface area (TPSA) is 45.3 Å². The molecule has 0 spiro atoms. The van der Waals surface area contributed by atoms with Crippen LogP contribution < -0.4 is 4.74 Å². The van der Waals surface area contributed by atoms with Crippen LogP contribution >= 0.6 is 15.9 Å². The van der Waals surface area contributed by atoms with Crippen LogP contribution in [-0.2, 0) is 13.0 Å². The number of benzene rings is 2. The van der Waals surface area contributed by atoms with Crippen molar-refractivity contribution in [2.75, 3.05) is 13.7 Å². The molecular weight excluding hydrogens is 368 g/mol. The van der Waals surface area contributed by atoms with Gasteiger partial charge in [-0.1, -0.05) is 28.1 Å². The Bertz CT molecular complexity index is 915. The number of amides is 1. The van der Waals surface area contributed by atoms with Crippen molar-refractivity contribution in [2.45, 2.75) is 13.0 Å². The zero-order valence-corrected chi connectivity index (χ0v) is 14.9. The Morgan fingerprint density at radius 2 is 2.00 bits per heavy atom. The fourth-order valence-electron chi connectivity index (χ4n) is 3.26. The Balaban J connectivity index is 1.66. The maximum Gasteiger partial charge on any atom is 0.270 e. The number of halogens is 1. The van der Waals surface area contributed by atoms with Gasteiger partial charge in [-0.25, -0.2) is 0 Å². The first-order chi connectivity index (χ1) is 11.7. The fraction of sp³-hybridized carbons (Fsp3) is 0.211. The van der Waals surface area contributed by atoms with E-state index < -0.39 is 0 Å². The van der Waals surface area contributed by atoms with Crippen LogP contribution in [0.25, 0.3) is 10.9 Å². The minimum absolute atomic E-state index is 0.0642. The highest BCUT2D eigenvalue weighted by molar-refractivity contribution is 9.10. The lowest BCUT2D eigenvalue weighted by Gasteiger charge is -2.27. The Hall–Kier alpha value is -2.27. The van der Waals surface area contributed by atoms with Crippen LogP contribution in [0.2, 0.25) is 0 Å². The van der Waals surface area contributed by atoms with E-state index in [0.717, 1.165) is 45.2 Å². The number of aromatic amines is 1. The molecule has 1 aliphatic rings. The lowest BCUT2D eigenvalue weighted by molar-refractivity contribution is 0.0722. The first-order valence-electron chi connectivity index (χ1n) is 7.88. The van der Waals surface area contributed by atoms with Gasteiger partial charge in [-0.2, -0.15) is 0 Å². The average molecular weight is 385 g/mol. The zero-order valence-electron chi connectivity index (χ0n) is 13.3. The molecule has 0 bridgehead atoms. The molecule has 5 heteroatoms. The monoisotopic (exact) mass is 384 g/mol. The molecule has 0 aliphatic carbocycles. The number of carbonyl (C=O) groups excluding carboxylic acids is 1. The van der Waals surface area contributed by atoms with Gasteiger partial charge in [-0.05, 0) is 47.9 Å². The summed E-state index contributed by atoms with van der Waals surface area (Å²) in [4.78, 5) is 18.1. The molecule has 1 aliphatic heterocycles. The van der Waals surface area contributed by atoms with E-state index in [2.05, 4.69) is 20.9 Å². The van der Waals surface area contributed by atoms with Crippen LogP contribution in [0.3, 0.4) is 0 Å². The van der Waals surface area contributed by atoms with Crippen molar-refractivity contribution in [3.8, 4) is 5.75 Å². The van der Waals surface area contributed by atoms with Gasteiger partial charge in [0.1, 0.15) is 11.4 Å². The minimum atomic E-state index is 0.0642. The van der Waals surface area contributed by atoms with E-state index in [1.54, 1.807) is 7.11 Å². The number of methoxy groups -OCH3 is 1. The second-order valence-electron chi connectivity index (χ2n) is 5.99. The molecule has 1 amide bonds. The first kappa shape index (κ1) is 15.3. The van der Waals surface area contributed by atoms with Gasteiger partial charge in [0, 0.05) is 28.5 Å². The highest BCUT2D eigenvalue weighted by Gasteiger charge is 2.28. The molecule has 0 unspecified atom stereocenters. The minimum Gasteiger partial charge on any atom is -0.497 e. The van der Waals surface area contributed by atoms with E-state index >= 15 is 0 Å². The summed E-state index contributed by atoms with van der Waals surface area (Å²) >= 11 is 3.44. The summed E-state index contributed by atoms with van der Waals surface area (Å²) in [5, 5.41) is 1.08. The number of fused-ring (bicyclic) bond motifs is 3. The summed E-state index contributed by atoms with van der Waals surface area (Å²) < 4.78 is 6.35. The van der Waals surface area contributed by atoms with Crippen LogP contribution in [0.1, 0.15) is 21.6 Å². The van der Waals surface area contributed by atoms with E-state index in [-0.39, 0.29) is 5.91 Å². The number of aromatic nitrogens is 1. The summed E-state index contributed by atoms with van der Waals surface area (Å²) in [5.41, 5.74) is 3.93. The van der Waals surface area contributed by atoms with Gasteiger partial charge in [0.05, 0.1) is 7.11 Å². The van der Waals surface area contributed by atoms with Gasteiger partial charge >= 0.3 is 0 Å². The molecule has 2 aromatic carbocycles. The van der Waals surface area contributed by atoms with E-state index in [0.29, 0.717) is 12.2 Å². The summed E-state index contributed by atoms with van der Waals surface area (Å²) in [6.45, 7) is 1.36. The number of nitrogens with one attached hydrogen (secondary N) is 1. The van der Waals surface area contributed by atoms with Crippen molar-refractivity contribution in [1.82, 2.24) is 9.88 Å². The number of ether oxygens (including phenoxy) is 1. The molecule has 2 heterocycles. The number of carbonyl (C=O) groups is 1. The summed E-state index contributed by atoms with van der Waals surface area (Å²) in [5.74, 6) is 0.878. The van der Waals surface area contributed by atoms with Gasteiger partial charge in [-0.15, -0.1) is 0 Å². The van der Waals surface area contributed by atoms with Gasteiger partial charge < -0.3 is 14.6 Å². The summed E-state index contributed by atoms with van der Waals surface area (Å²) in [6, 6.07) is 14.0. The molecule has 4 nitrogen and oxygen atoms in total. The second-order valence-corrected chi connectivity index (χ2v) is 6.91. The van der Waals surface area contributed by atoms with Crippen LogP contribution in [0.5, 0.6) is 5.75 Å². The molecule has 24 heavy (non-hydrogen) atoms. The van der Waals surface area contributed by atoms with Crippen molar-refractivity contribution in [3.05, 3.63) is 63.8 Å². The molecule has 0 atom stereocenters. The predicted molar refractivity (Wildman–Crippen MR) is 97.4 cm³/mol. The largest absolute Gasteiger partial charge is 0.497 e. The van der Waals surface area contributed by atoms with Crippen molar-refractivity contribution >= 4 is 32.7 Å².